The molecular weight excluding hydrogens is 414 g/mol. The highest BCUT2D eigenvalue weighted by Crippen LogP contribution is 2.22. The van der Waals surface area contributed by atoms with Gasteiger partial charge in [0, 0.05) is 12.2 Å². The minimum atomic E-state index is -4.32. The largest absolute Gasteiger partial charge is 0.360 e. The van der Waals surface area contributed by atoms with E-state index in [9.17, 15) is 22.8 Å². The normalized spacial score (nSPS) is 11.9. The van der Waals surface area contributed by atoms with Crippen molar-refractivity contribution >= 4 is 27.0 Å². The third-order valence-corrected chi connectivity index (χ3v) is 6.16. The number of sulfonamides is 1. The third kappa shape index (κ3) is 3.54. The van der Waals surface area contributed by atoms with Crippen LogP contribution in [0.25, 0.3) is 11.0 Å². The van der Waals surface area contributed by atoms with Gasteiger partial charge < -0.3 is 4.52 Å². The van der Waals surface area contributed by atoms with Gasteiger partial charge in [0.25, 0.3) is 21.5 Å². The van der Waals surface area contributed by atoms with Crippen molar-refractivity contribution in [2.24, 2.45) is 0 Å². The van der Waals surface area contributed by atoms with E-state index < -0.39 is 27.2 Å². The molecule has 1 amide bonds. The quantitative estimate of drug-likeness (QED) is 0.600. The monoisotopic (exact) mass is 435 g/mol. The standard InChI is InChI=1S/C18H21N5O6S/c1-6-23-15-13(17(25)20-18(23)26)11(7-12(19-15)8(2)3)16(24)22-30(27,28)14-9(4)21-29-10(14)5/h7-8H,6H2,1-5H3,(H,22,24)(H,20,25,26). The Bertz CT molecular complexity index is 1360. The molecule has 3 rings (SSSR count). The number of amides is 1. The zero-order valence-corrected chi connectivity index (χ0v) is 17.9. The number of carbonyl (C=O) groups excluding carboxylic acids is 1. The molecule has 0 spiro atoms. The molecule has 0 radical (unpaired) electrons. The van der Waals surface area contributed by atoms with Crippen LogP contribution in [0.15, 0.2) is 25.1 Å². The van der Waals surface area contributed by atoms with E-state index in [2.05, 4.69) is 15.1 Å². The maximum absolute atomic E-state index is 13.0. The van der Waals surface area contributed by atoms with Gasteiger partial charge in [-0.3, -0.25) is 19.1 Å². The summed E-state index contributed by atoms with van der Waals surface area (Å²) in [7, 11) is -4.32. The van der Waals surface area contributed by atoms with Crippen LogP contribution in [0.2, 0.25) is 0 Å². The van der Waals surface area contributed by atoms with E-state index in [4.69, 9.17) is 4.52 Å². The summed E-state index contributed by atoms with van der Waals surface area (Å²) in [5, 5.41) is 3.41. The molecule has 160 valence electrons. The predicted molar refractivity (Wildman–Crippen MR) is 107 cm³/mol. The van der Waals surface area contributed by atoms with Gasteiger partial charge in [-0.2, -0.15) is 0 Å². The van der Waals surface area contributed by atoms with E-state index in [1.807, 2.05) is 18.6 Å². The summed E-state index contributed by atoms with van der Waals surface area (Å²) in [5.74, 6) is -1.16. The number of carbonyl (C=O) groups is 1. The summed E-state index contributed by atoms with van der Waals surface area (Å²) in [6, 6.07) is 1.35. The van der Waals surface area contributed by atoms with E-state index in [0.29, 0.717) is 5.69 Å². The van der Waals surface area contributed by atoms with Crippen molar-refractivity contribution in [3.8, 4) is 0 Å². The summed E-state index contributed by atoms with van der Waals surface area (Å²) >= 11 is 0. The Morgan fingerprint density at radius 3 is 2.50 bits per heavy atom. The number of fused-ring (bicyclic) bond motifs is 1. The number of hydrogen-bond donors (Lipinski definition) is 2. The second kappa shape index (κ2) is 7.52. The predicted octanol–water partition coefficient (Wildman–Crippen LogP) is 0.952. The van der Waals surface area contributed by atoms with Gasteiger partial charge in [-0.25, -0.2) is 22.9 Å². The van der Waals surface area contributed by atoms with Crippen molar-refractivity contribution in [1.29, 1.82) is 0 Å². The van der Waals surface area contributed by atoms with Gasteiger partial charge in [-0.15, -0.1) is 0 Å². The van der Waals surface area contributed by atoms with Crippen LogP contribution in [0.1, 0.15) is 54.2 Å². The number of aromatic amines is 1. The van der Waals surface area contributed by atoms with Crippen LogP contribution in [0, 0.1) is 13.8 Å². The molecule has 0 aromatic carbocycles. The minimum Gasteiger partial charge on any atom is -0.360 e. The molecule has 0 atom stereocenters. The fourth-order valence-electron chi connectivity index (χ4n) is 3.15. The Morgan fingerprint density at radius 1 is 1.30 bits per heavy atom. The molecule has 11 nitrogen and oxygen atoms in total. The Morgan fingerprint density at radius 2 is 1.97 bits per heavy atom. The SMILES string of the molecule is CCn1c(=O)[nH]c(=O)c2c(C(=O)NS(=O)(=O)c3c(C)noc3C)cc(C(C)C)nc21. The number of H-pyrrole nitrogens is 1. The Labute approximate surface area is 171 Å². The first kappa shape index (κ1) is 21.4. The first-order chi connectivity index (χ1) is 14.0. The lowest BCUT2D eigenvalue weighted by molar-refractivity contribution is 0.0982. The molecule has 0 unspecified atom stereocenters. The van der Waals surface area contributed by atoms with Crippen molar-refractivity contribution < 1.29 is 17.7 Å². The Kier molecular flexibility index (Phi) is 5.37. The highest BCUT2D eigenvalue weighted by molar-refractivity contribution is 7.90. The number of aromatic nitrogens is 4. The van der Waals surface area contributed by atoms with E-state index in [1.165, 1.54) is 24.5 Å². The summed E-state index contributed by atoms with van der Waals surface area (Å²) in [4.78, 5) is 43.9. The van der Waals surface area contributed by atoms with Gasteiger partial charge in [0.1, 0.15) is 5.69 Å². The molecule has 2 N–H and O–H groups in total. The first-order valence-corrected chi connectivity index (χ1v) is 10.6. The average molecular weight is 435 g/mol. The van der Waals surface area contributed by atoms with Crippen molar-refractivity contribution in [3.05, 3.63) is 49.6 Å². The molecule has 0 saturated carbocycles. The molecule has 12 heteroatoms. The topological polar surface area (TPSA) is 157 Å². The van der Waals surface area contributed by atoms with Crippen molar-refractivity contribution in [2.45, 2.75) is 52.0 Å². The summed E-state index contributed by atoms with van der Waals surface area (Å²) in [6.07, 6.45) is 0. The fourth-order valence-corrected chi connectivity index (χ4v) is 4.45. The zero-order valence-electron chi connectivity index (χ0n) is 17.1. The smallest absolute Gasteiger partial charge is 0.329 e. The lowest BCUT2D eigenvalue weighted by Gasteiger charge is -2.14. The van der Waals surface area contributed by atoms with E-state index in [1.54, 1.807) is 6.92 Å². The minimum absolute atomic E-state index is 0.0114. The molecule has 0 saturated heterocycles. The Hall–Kier alpha value is -3.28. The lowest BCUT2D eigenvalue weighted by Crippen LogP contribution is -2.35. The summed E-state index contributed by atoms with van der Waals surface area (Å²) < 4.78 is 33.5. The van der Waals surface area contributed by atoms with Crippen molar-refractivity contribution in [1.82, 2.24) is 24.4 Å². The summed E-state index contributed by atoms with van der Waals surface area (Å²) in [5.41, 5.74) is -1.18. The second-order valence-corrected chi connectivity index (χ2v) is 8.66. The Balaban J connectivity index is 2.26. The van der Waals surface area contributed by atoms with Crippen LogP contribution in [-0.2, 0) is 16.6 Å². The van der Waals surface area contributed by atoms with E-state index in [-0.39, 0.29) is 45.4 Å². The van der Waals surface area contributed by atoms with Crippen molar-refractivity contribution in [2.75, 3.05) is 0 Å². The van der Waals surface area contributed by atoms with Gasteiger partial charge in [-0.05, 0) is 32.8 Å². The van der Waals surface area contributed by atoms with Crippen LogP contribution in [0.3, 0.4) is 0 Å². The van der Waals surface area contributed by atoms with Gasteiger partial charge >= 0.3 is 5.69 Å². The van der Waals surface area contributed by atoms with Gasteiger partial charge in [0.15, 0.2) is 16.3 Å². The van der Waals surface area contributed by atoms with Gasteiger partial charge in [-0.1, -0.05) is 19.0 Å². The van der Waals surface area contributed by atoms with E-state index in [0.717, 1.165) is 0 Å². The number of pyridine rings is 1. The van der Waals surface area contributed by atoms with E-state index >= 15 is 0 Å². The van der Waals surface area contributed by atoms with Crippen LogP contribution in [0.5, 0.6) is 0 Å². The number of nitrogens with zero attached hydrogens (tertiary/aromatic N) is 3. The molecule has 30 heavy (non-hydrogen) atoms. The van der Waals surface area contributed by atoms with Gasteiger partial charge in [0.05, 0.1) is 10.9 Å². The van der Waals surface area contributed by atoms with Crippen LogP contribution in [0.4, 0.5) is 0 Å². The molecule has 0 aliphatic heterocycles. The molecule has 0 aliphatic carbocycles. The third-order valence-electron chi connectivity index (χ3n) is 4.58. The highest BCUT2D eigenvalue weighted by atomic mass is 32.2. The average Bonchev–Trinajstić information content (AvgIpc) is 2.99. The molecule has 3 aromatic heterocycles. The molecule has 3 heterocycles. The number of aryl methyl sites for hydroxylation is 3. The van der Waals surface area contributed by atoms with Gasteiger partial charge in [0.2, 0.25) is 0 Å². The maximum atomic E-state index is 13.0. The number of hydrogen-bond acceptors (Lipinski definition) is 8. The number of nitrogens with one attached hydrogen (secondary N) is 2. The lowest BCUT2D eigenvalue weighted by atomic mass is 10.0. The highest BCUT2D eigenvalue weighted by Gasteiger charge is 2.28. The van der Waals surface area contributed by atoms with Crippen LogP contribution >= 0.6 is 0 Å². The molecule has 3 aromatic rings. The summed E-state index contributed by atoms with van der Waals surface area (Å²) in [6.45, 7) is 8.35. The molecule has 0 aliphatic rings. The van der Waals surface area contributed by atoms with Crippen molar-refractivity contribution in [3.63, 3.8) is 0 Å². The van der Waals surface area contributed by atoms with Crippen LogP contribution < -0.4 is 16.0 Å². The number of rotatable bonds is 5. The second-order valence-electron chi connectivity index (χ2n) is 7.04. The molecular formula is C18H21N5O6S. The maximum Gasteiger partial charge on any atom is 0.329 e. The molecule has 0 fully saturated rings. The zero-order chi connectivity index (χ0) is 22.4. The first-order valence-electron chi connectivity index (χ1n) is 9.15. The molecule has 0 bridgehead atoms. The van der Waals surface area contributed by atoms with Crippen LogP contribution in [-0.4, -0.2) is 34.0 Å². The fraction of sp³-hybridized carbons (Fsp3) is 0.389.